The van der Waals surface area contributed by atoms with Gasteiger partial charge in [-0.05, 0) is 87.7 Å². The second-order valence-corrected chi connectivity index (χ2v) is 14.6. The van der Waals surface area contributed by atoms with Gasteiger partial charge in [0.2, 0.25) is 0 Å². The van der Waals surface area contributed by atoms with Crippen molar-refractivity contribution >= 4 is 17.4 Å². The Labute approximate surface area is 307 Å². The van der Waals surface area contributed by atoms with Gasteiger partial charge in [-0.1, -0.05) is 123 Å². The highest BCUT2D eigenvalue weighted by Crippen LogP contribution is 2.26. The lowest BCUT2D eigenvalue weighted by atomic mass is 9.92. The lowest BCUT2D eigenvalue weighted by Gasteiger charge is -2.30. The Hall–Kier alpha value is -2.58. The summed E-state index contributed by atoms with van der Waals surface area (Å²) >= 11 is 5.90. The van der Waals surface area contributed by atoms with E-state index in [1.807, 2.05) is 85.8 Å². The molecule has 50 heavy (non-hydrogen) atoms. The maximum absolute atomic E-state index is 10.9. The minimum absolute atomic E-state index is 0.0353. The predicted molar refractivity (Wildman–Crippen MR) is 208 cm³/mol. The summed E-state index contributed by atoms with van der Waals surface area (Å²) in [6.45, 7) is 6.66. The highest BCUT2D eigenvalue weighted by molar-refractivity contribution is 6.31. The number of carbonyl (C=O) groups excluding carboxylic acids is 1. The molecule has 3 fully saturated rings. The maximum atomic E-state index is 10.9. The molecule has 1 aliphatic heterocycles. The molecule has 3 aromatic rings. The van der Waals surface area contributed by atoms with Crippen molar-refractivity contribution in [2.75, 3.05) is 39.9 Å². The molecule has 1 saturated heterocycles. The van der Waals surface area contributed by atoms with Crippen LogP contribution in [-0.2, 0) is 11.2 Å². The first kappa shape index (κ1) is 41.8. The molecule has 7 heteroatoms. The molecule has 1 unspecified atom stereocenters. The molecule has 1 heterocycles. The van der Waals surface area contributed by atoms with Gasteiger partial charge in [-0.15, -0.1) is 0 Å². The van der Waals surface area contributed by atoms with Gasteiger partial charge >= 0.3 is 0 Å². The summed E-state index contributed by atoms with van der Waals surface area (Å²) in [7, 11) is 2.07. The van der Waals surface area contributed by atoms with Crippen LogP contribution in [0.15, 0.2) is 78.9 Å². The number of hydrogen-bond acceptors (Lipinski definition) is 6. The Kier molecular flexibility index (Phi) is 19.9. The van der Waals surface area contributed by atoms with E-state index >= 15 is 0 Å². The minimum atomic E-state index is -0.0353. The van der Waals surface area contributed by atoms with Crippen molar-refractivity contribution < 1.29 is 20.1 Å². The van der Waals surface area contributed by atoms with E-state index < -0.39 is 0 Å². The fourth-order valence-corrected chi connectivity index (χ4v) is 7.73. The van der Waals surface area contributed by atoms with Crippen LogP contribution in [0.25, 0.3) is 0 Å². The molecule has 0 radical (unpaired) electrons. The number of ketones is 1. The first-order valence-electron chi connectivity index (χ1n) is 18.9. The van der Waals surface area contributed by atoms with Crippen molar-refractivity contribution in [3.05, 3.63) is 106 Å². The number of Topliss-reactive ketones (excluding diaryl/α,β-unsaturated/α-hetero) is 1. The van der Waals surface area contributed by atoms with Crippen molar-refractivity contribution in [3.63, 3.8) is 0 Å². The number of aliphatic hydroxyl groups is 3. The minimum Gasteiger partial charge on any atom is -0.396 e. The first-order chi connectivity index (χ1) is 24.2. The summed E-state index contributed by atoms with van der Waals surface area (Å²) in [6.07, 6.45) is 15.2. The van der Waals surface area contributed by atoms with Gasteiger partial charge in [-0.25, -0.2) is 0 Å². The number of benzene rings is 3. The molecule has 2 aliphatic carbocycles. The molecular formula is C43H63ClN2O4. The average molecular weight is 707 g/mol. The SMILES string of the molecule is CC(=O)CN(C)C1CCCCC1.Cc1cccc(Cl)c1CCO.OC1CCN(C2CCCCC2)C1.OCC(c1ccccc1)c1ccccc1. The average Bonchev–Trinajstić information content (AvgIpc) is 3.59. The molecular weight excluding hydrogens is 644 g/mol. The summed E-state index contributed by atoms with van der Waals surface area (Å²) in [5.74, 6) is 0.371. The van der Waals surface area contributed by atoms with Gasteiger partial charge < -0.3 is 15.3 Å². The molecule has 1 atom stereocenters. The largest absolute Gasteiger partial charge is 0.396 e. The standard InChI is InChI=1S/C14H14O.2C10H19NO.C9H11ClO/c15-11-14(12-7-3-1-4-8-12)13-9-5-2-6-10-13;12-10-6-7-11(8-10)9-4-2-1-3-5-9;1-9(12)8-11(2)10-6-4-3-5-7-10;1-7-3-2-4-9(10)8(7)5-6-11/h1-10,14-15H,11H2;9-10,12H,1-8H2;10H,3-8H2,1-2H3;2-4,11H,5-6H2,1H3. The lowest BCUT2D eigenvalue weighted by Crippen LogP contribution is -2.36. The van der Waals surface area contributed by atoms with Crippen LogP contribution in [0.1, 0.15) is 106 Å². The highest BCUT2D eigenvalue weighted by atomic mass is 35.5. The number of β-amino-alcohol motifs (C(OH)–C–C–N with tert-alkyl or cyclic N) is 1. The van der Waals surface area contributed by atoms with Crippen LogP contribution >= 0.6 is 11.6 Å². The Balaban J connectivity index is 0.000000182. The van der Waals surface area contributed by atoms with E-state index in [0.29, 0.717) is 19.0 Å². The monoisotopic (exact) mass is 706 g/mol. The van der Waals surface area contributed by atoms with E-state index in [1.54, 1.807) is 6.92 Å². The van der Waals surface area contributed by atoms with Gasteiger partial charge in [0, 0.05) is 42.7 Å². The quantitative estimate of drug-likeness (QED) is 0.208. The van der Waals surface area contributed by atoms with Gasteiger partial charge in [0.05, 0.1) is 19.3 Å². The van der Waals surface area contributed by atoms with E-state index in [-0.39, 0.29) is 31.0 Å². The van der Waals surface area contributed by atoms with Gasteiger partial charge in [0.25, 0.3) is 0 Å². The van der Waals surface area contributed by atoms with Gasteiger partial charge in [0.15, 0.2) is 0 Å². The number of aliphatic hydroxyl groups excluding tert-OH is 3. The van der Waals surface area contributed by atoms with E-state index in [1.165, 1.54) is 64.2 Å². The number of aryl methyl sites for hydroxylation is 1. The molecule has 276 valence electrons. The van der Waals surface area contributed by atoms with Crippen LogP contribution in [0, 0.1) is 6.92 Å². The predicted octanol–water partition coefficient (Wildman–Crippen LogP) is 8.22. The third kappa shape index (κ3) is 15.0. The first-order valence-corrected chi connectivity index (χ1v) is 19.3. The summed E-state index contributed by atoms with van der Waals surface area (Å²) in [6, 6.07) is 27.4. The van der Waals surface area contributed by atoms with Crippen molar-refractivity contribution in [2.24, 2.45) is 0 Å². The van der Waals surface area contributed by atoms with Gasteiger partial charge in [-0.2, -0.15) is 0 Å². The van der Waals surface area contributed by atoms with Crippen LogP contribution < -0.4 is 0 Å². The van der Waals surface area contributed by atoms with Crippen LogP contribution in [0.5, 0.6) is 0 Å². The summed E-state index contributed by atoms with van der Waals surface area (Å²) < 4.78 is 0. The third-order valence-corrected chi connectivity index (χ3v) is 10.6. The Bertz CT molecular complexity index is 1270. The van der Waals surface area contributed by atoms with Gasteiger partial charge in [0.1, 0.15) is 5.78 Å². The molecule has 3 N–H and O–H groups in total. The summed E-state index contributed by atoms with van der Waals surface area (Å²) in [5, 5.41) is 28.3. The zero-order valence-corrected chi connectivity index (χ0v) is 31.6. The van der Waals surface area contributed by atoms with Crippen LogP contribution in [0.3, 0.4) is 0 Å². The lowest BCUT2D eigenvalue weighted by molar-refractivity contribution is -0.118. The van der Waals surface area contributed by atoms with Crippen molar-refractivity contribution in [1.29, 1.82) is 0 Å². The molecule has 0 amide bonds. The number of likely N-dealkylation sites (tertiary alicyclic amines) is 1. The molecule has 6 rings (SSSR count). The fourth-order valence-electron chi connectivity index (χ4n) is 7.42. The normalized spacial score (nSPS) is 18.4. The molecule has 0 aromatic heterocycles. The Morgan fingerprint density at radius 1 is 0.820 bits per heavy atom. The molecule has 3 aromatic carbocycles. The molecule has 6 nitrogen and oxygen atoms in total. The van der Waals surface area contributed by atoms with E-state index in [4.69, 9.17) is 16.7 Å². The van der Waals surface area contributed by atoms with Crippen LogP contribution in [-0.4, -0.2) is 89.0 Å². The van der Waals surface area contributed by atoms with E-state index in [9.17, 15) is 15.0 Å². The Morgan fingerprint density at radius 3 is 1.84 bits per heavy atom. The smallest absolute Gasteiger partial charge is 0.143 e. The molecule has 2 saturated carbocycles. The number of rotatable bonds is 9. The molecule has 3 aliphatic rings. The number of likely N-dealkylation sites (N-methyl/N-ethyl adjacent to an activating group) is 1. The van der Waals surface area contributed by atoms with Crippen LogP contribution in [0.4, 0.5) is 0 Å². The maximum Gasteiger partial charge on any atom is 0.143 e. The summed E-state index contributed by atoms with van der Waals surface area (Å²) in [4.78, 5) is 15.6. The topological polar surface area (TPSA) is 84.2 Å². The number of halogens is 1. The number of hydrogen-bond donors (Lipinski definition) is 3. The third-order valence-electron chi connectivity index (χ3n) is 10.3. The summed E-state index contributed by atoms with van der Waals surface area (Å²) in [5.41, 5.74) is 4.51. The van der Waals surface area contributed by atoms with Crippen molar-refractivity contribution in [2.45, 2.75) is 115 Å². The van der Waals surface area contributed by atoms with E-state index in [2.05, 4.69) is 16.8 Å². The zero-order chi connectivity index (χ0) is 36.1. The fraction of sp³-hybridized carbons (Fsp3) is 0.558. The Morgan fingerprint density at radius 2 is 1.38 bits per heavy atom. The van der Waals surface area contributed by atoms with Crippen LogP contribution in [0.2, 0.25) is 5.02 Å². The zero-order valence-electron chi connectivity index (χ0n) is 30.9. The number of carbonyl (C=O) groups is 1. The molecule has 0 spiro atoms. The van der Waals surface area contributed by atoms with Crippen molar-refractivity contribution in [3.8, 4) is 0 Å². The highest BCUT2D eigenvalue weighted by Gasteiger charge is 2.27. The second-order valence-electron chi connectivity index (χ2n) is 14.2. The van der Waals surface area contributed by atoms with E-state index in [0.717, 1.165) is 52.8 Å². The second kappa shape index (κ2) is 23.8. The number of nitrogens with zero attached hydrogens (tertiary/aromatic N) is 2. The van der Waals surface area contributed by atoms with Crippen molar-refractivity contribution in [1.82, 2.24) is 9.80 Å². The van der Waals surface area contributed by atoms with Gasteiger partial charge in [-0.3, -0.25) is 14.6 Å². The molecule has 0 bridgehead atoms.